The molecule has 0 saturated heterocycles. The zero-order valence-electron chi connectivity index (χ0n) is 10.8. The van der Waals surface area contributed by atoms with Crippen molar-refractivity contribution in [3.63, 3.8) is 0 Å². The number of nitrogens with zero attached hydrogens (tertiary/aromatic N) is 2. The highest BCUT2D eigenvalue weighted by molar-refractivity contribution is 6.31. The predicted molar refractivity (Wildman–Crippen MR) is 81.3 cm³/mol. The topological polar surface area (TPSA) is 50.4 Å². The molecule has 0 amide bonds. The average molecular weight is 286 g/mol. The summed E-state index contributed by atoms with van der Waals surface area (Å²) >= 11 is 5.97. The highest BCUT2D eigenvalue weighted by Crippen LogP contribution is 2.24. The van der Waals surface area contributed by atoms with Gasteiger partial charge in [0.2, 0.25) is 0 Å². The number of hydrogen-bond acceptors (Lipinski definition) is 4. The highest BCUT2D eigenvalue weighted by atomic mass is 35.5. The number of hydrazone groups is 1. The molecule has 0 radical (unpaired) electrons. The number of fused-ring (bicyclic) bond motifs is 1. The number of rotatable bonds is 3. The minimum Gasteiger partial charge on any atom is -0.463 e. The van der Waals surface area contributed by atoms with E-state index >= 15 is 0 Å². The third-order valence-corrected chi connectivity index (χ3v) is 3.16. The monoisotopic (exact) mass is 285 g/mol. The number of anilines is 1. The standard InChI is InChI=1S/C15H12ClN3O/c1-10(15-3-2-8-20-15)18-19-13-6-7-17-14-9-11(16)4-5-12(13)14/h2-9H,1H3,(H,17,19)/b18-10+. The zero-order valence-corrected chi connectivity index (χ0v) is 11.6. The summed E-state index contributed by atoms with van der Waals surface area (Å²) in [6, 6.07) is 11.1. The molecule has 1 N–H and O–H groups in total. The van der Waals surface area contributed by atoms with Crippen molar-refractivity contribution in [3.8, 4) is 0 Å². The molecule has 100 valence electrons. The molecule has 0 unspecified atom stereocenters. The van der Waals surface area contributed by atoms with Crippen LogP contribution < -0.4 is 5.43 Å². The van der Waals surface area contributed by atoms with E-state index in [1.807, 2.05) is 43.3 Å². The maximum atomic E-state index is 5.97. The van der Waals surface area contributed by atoms with Gasteiger partial charge in [0.1, 0.15) is 11.5 Å². The van der Waals surface area contributed by atoms with Gasteiger partial charge in [0.25, 0.3) is 0 Å². The molecule has 1 aromatic carbocycles. The van der Waals surface area contributed by atoms with E-state index in [4.69, 9.17) is 16.0 Å². The molecule has 0 saturated carbocycles. The lowest BCUT2D eigenvalue weighted by atomic mass is 10.2. The van der Waals surface area contributed by atoms with E-state index in [0.29, 0.717) is 5.02 Å². The summed E-state index contributed by atoms with van der Waals surface area (Å²) < 4.78 is 5.29. The summed E-state index contributed by atoms with van der Waals surface area (Å²) in [5, 5.41) is 5.95. The molecule has 20 heavy (non-hydrogen) atoms. The molecular formula is C15H12ClN3O. The van der Waals surface area contributed by atoms with E-state index in [9.17, 15) is 0 Å². The number of furan rings is 1. The SMILES string of the molecule is C/C(=N\Nc1ccnc2cc(Cl)ccc12)c1ccco1. The predicted octanol–water partition coefficient (Wildman–Crippen LogP) is 4.32. The Morgan fingerprint density at radius 2 is 2.20 bits per heavy atom. The fourth-order valence-corrected chi connectivity index (χ4v) is 2.07. The van der Waals surface area contributed by atoms with Gasteiger partial charge in [-0.05, 0) is 43.3 Å². The van der Waals surface area contributed by atoms with Gasteiger partial charge in [0.15, 0.2) is 0 Å². The summed E-state index contributed by atoms with van der Waals surface area (Å²) in [7, 11) is 0. The molecule has 2 aromatic heterocycles. The van der Waals surface area contributed by atoms with E-state index in [1.54, 1.807) is 12.5 Å². The van der Waals surface area contributed by atoms with Gasteiger partial charge in [0.05, 0.1) is 17.5 Å². The van der Waals surface area contributed by atoms with E-state index in [2.05, 4.69) is 15.5 Å². The molecular weight excluding hydrogens is 274 g/mol. The Balaban J connectivity index is 1.93. The Hall–Kier alpha value is -2.33. The first kappa shape index (κ1) is 12.7. The first-order chi connectivity index (χ1) is 9.74. The second kappa shape index (κ2) is 5.35. The van der Waals surface area contributed by atoms with Gasteiger partial charge in [0, 0.05) is 16.6 Å². The third kappa shape index (κ3) is 2.51. The smallest absolute Gasteiger partial charge is 0.149 e. The van der Waals surface area contributed by atoms with Gasteiger partial charge in [-0.25, -0.2) is 0 Å². The second-order valence-electron chi connectivity index (χ2n) is 4.31. The van der Waals surface area contributed by atoms with E-state index in [1.165, 1.54) is 0 Å². The Morgan fingerprint density at radius 3 is 3.00 bits per heavy atom. The molecule has 4 nitrogen and oxygen atoms in total. The van der Waals surface area contributed by atoms with Crippen molar-refractivity contribution >= 4 is 33.9 Å². The second-order valence-corrected chi connectivity index (χ2v) is 4.74. The largest absolute Gasteiger partial charge is 0.463 e. The number of benzene rings is 1. The Labute approximate surface area is 121 Å². The highest BCUT2D eigenvalue weighted by Gasteiger charge is 2.03. The van der Waals surface area contributed by atoms with Crippen LogP contribution in [0.1, 0.15) is 12.7 Å². The van der Waals surface area contributed by atoms with Crippen LogP contribution in [0, 0.1) is 0 Å². The maximum Gasteiger partial charge on any atom is 0.149 e. The summed E-state index contributed by atoms with van der Waals surface area (Å²) in [5.74, 6) is 0.735. The van der Waals surface area contributed by atoms with Crippen molar-refractivity contribution < 1.29 is 4.42 Å². The average Bonchev–Trinajstić information content (AvgIpc) is 2.98. The first-order valence-electron chi connectivity index (χ1n) is 6.12. The first-order valence-corrected chi connectivity index (χ1v) is 6.50. The van der Waals surface area contributed by atoms with Crippen LogP contribution in [0.25, 0.3) is 10.9 Å². The van der Waals surface area contributed by atoms with Crippen molar-refractivity contribution in [3.05, 3.63) is 59.6 Å². The molecule has 3 aromatic rings. The number of pyridine rings is 1. The van der Waals surface area contributed by atoms with Crippen LogP contribution in [0.3, 0.4) is 0 Å². The summed E-state index contributed by atoms with van der Waals surface area (Å²) in [5.41, 5.74) is 5.51. The van der Waals surface area contributed by atoms with Crippen LogP contribution in [0.2, 0.25) is 5.02 Å². The van der Waals surface area contributed by atoms with Gasteiger partial charge in [-0.15, -0.1) is 0 Å². The van der Waals surface area contributed by atoms with Gasteiger partial charge in [-0.2, -0.15) is 5.10 Å². The van der Waals surface area contributed by atoms with Crippen molar-refractivity contribution in [2.75, 3.05) is 5.43 Å². The molecule has 5 heteroatoms. The fourth-order valence-electron chi connectivity index (χ4n) is 1.90. The maximum absolute atomic E-state index is 5.97. The minimum atomic E-state index is 0.664. The van der Waals surface area contributed by atoms with Crippen molar-refractivity contribution in [2.45, 2.75) is 6.92 Å². The third-order valence-electron chi connectivity index (χ3n) is 2.93. The normalized spacial score (nSPS) is 11.8. The molecule has 0 spiro atoms. The number of aromatic nitrogens is 1. The van der Waals surface area contributed by atoms with Crippen LogP contribution in [0.4, 0.5) is 5.69 Å². The van der Waals surface area contributed by atoms with Crippen molar-refractivity contribution in [1.29, 1.82) is 0 Å². The molecule has 3 rings (SSSR count). The Morgan fingerprint density at radius 1 is 1.30 bits per heavy atom. The summed E-state index contributed by atoms with van der Waals surface area (Å²) in [6.07, 6.45) is 3.34. The summed E-state index contributed by atoms with van der Waals surface area (Å²) in [6.45, 7) is 1.88. The quantitative estimate of drug-likeness (QED) is 0.576. The lowest BCUT2D eigenvalue weighted by molar-refractivity contribution is 0.557. The van der Waals surface area contributed by atoms with Crippen LogP contribution in [-0.2, 0) is 0 Å². The van der Waals surface area contributed by atoms with Gasteiger partial charge in [-0.1, -0.05) is 11.6 Å². The Kier molecular flexibility index (Phi) is 3.39. The molecule has 0 aliphatic rings. The number of hydrogen-bond donors (Lipinski definition) is 1. The number of nitrogens with one attached hydrogen (secondary N) is 1. The molecule has 2 heterocycles. The molecule has 0 bridgehead atoms. The van der Waals surface area contributed by atoms with Crippen LogP contribution in [0.5, 0.6) is 0 Å². The Bertz CT molecular complexity index is 766. The lowest BCUT2D eigenvalue weighted by Gasteiger charge is -2.06. The van der Waals surface area contributed by atoms with Crippen molar-refractivity contribution in [1.82, 2.24) is 4.98 Å². The molecule has 0 aliphatic heterocycles. The van der Waals surface area contributed by atoms with Crippen LogP contribution >= 0.6 is 11.6 Å². The minimum absolute atomic E-state index is 0.664. The van der Waals surface area contributed by atoms with E-state index in [0.717, 1.165) is 28.1 Å². The van der Waals surface area contributed by atoms with E-state index in [-0.39, 0.29) is 0 Å². The molecule has 0 aliphatic carbocycles. The summed E-state index contributed by atoms with van der Waals surface area (Å²) in [4.78, 5) is 4.29. The van der Waals surface area contributed by atoms with Gasteiger partial charge in [-0.3, -0.25) is 10.4 Å². The van der Waals surface area contributed by atoms with Crippen molar-refractivity contribution in [2.24, 2.45) is 5.10 Å². The van der Waals surface area contributed by atoms with E-state index < -0.39 is 0 Å². The fraction of sp³-hybridized carbons (Fsp3) is 0.0667. The lowest BCUT2D eigenvalue weighted by Crippen LogP contribution is -1.99. The molecule has 0 fully saturated rings. The van der Waals surface area contributed by atoms with Gasteiger partial charge >= 0.3 is 0 Å². The van der Waals surface area contributed by atoms with Crippen LogP contribution in [0.15, 0.2) is 58.4 Å². The van der Waals surface area contributed by atoms with Gasteiger partial charge < -0.3 is 4.42 Å². The number of halogens is 1. The zero-order chi connectivity index (χ0) is 13.9. The molecule has 0 atom stereocenters. The van der Waals surface area contributed by atoms with Crippen LogP contribution in [-0.4, -0.2) is 10.7 Å².